The molecule has 3 aromatic rings. The van der Waals surface area contributed by atoms with Crippen LogP contribution in [0, 0.1) is 20.8 Å². The maximum Gasteiger partial charge on any atom is 0.274 e. The van der Waals surface area contributed by atoms with Crippen LogP contribution in [0.3, 0.4) is 0 Å². The van der Waals surface area contributed by atoms with Gasteiger partial charge in [0.2, 0.25) is 0 Å². The summed E-state index contributed by atoms with van der Waals surface area (Å²) in [6, 6.07) is 7.79. The summed E-state index contributed by atoms with van der Waals surface area (Å²) < 4.78 is 7.60. The van der Waals surface area contributed by atoms with Crippen LogP contribution in [0.15, 0.2) is 28.7 Å². The molecule has 25 heavy (non-hydrogen) atoms. The second-order valence-electron chi connectivity index (χ2n) is 6.64. The first kappa shape index (κ1) is 15.7. The highest BCUT2D eigenvalue weighted by molar-refractivity contribution is 5.93. The van der Waals surface area contributed by atoms with E-state index in [-0.39, 0.29) is 11.9 Å². The number of amides is 1. The van der Waals surface area contributed by atoms with Crippen LogP contribution in [0.25, 0.3) is 11.5 Å². The topological polar surface area (TPSA) is 80.0 Å². The number of carbonyl (C=O) groups excluding carboxylic acids is 1. The third-order valence-electron chi connectivity index (χ3n) is 4.64. The van der Waals surface area contributed by atoms with Gasteiger partial charge in [-0.1, -0.05) is 0 Å². The van der Waals surface area contributed by atoms with Crippen LogP contribution in [0.4, 0.5) is 0 Å². The SMILES string of the molecule is Cc1cc(C)n([C@H]2CCN(C(=O)c3cc(-c4ccc(C)o4)[nH]n3)C2)n1. The van der Waals surface area contributed by atoms with Crippen LogP contribution in [-0.4, -0.2) is 43.9 Å². The maximum absolute atomic E-state index is 12.7. The maximum atomic E-state index is 12.7. The lowest BCUT2D eigenvalue weighted by atomic mass is 10.2. The summed E-state index contributed by atoms with van der Waals surface area (Å²) in [5, 5.41) is 11.6. The van der Waals surface area contributed by atoms with Crippen LogP contribution in [0.2, 0.25) is 0 Å². The van der Waals surface area contributed by atoms with Gasteiger partial charge in [-0.25, -0.2) is 0 Å². The van der Waals surface area contributed by atoms with Crippen molar-refractivity contribution in [1.82, 2.24) is 24.9 Å². The number of nitrogens with one attached hydrogen (secondary N) is 1. The van der Waals surface area contributed by atoms with Gasteiger partial charge < -0.3 is 9.32 Å². The number of aromatic nitrogens is 4. The molecule has 1 saturated heterocycles. The van der Waals surface area contributed by atoms with Crippen molar-refractivity contribution in [2.24, 2.45) is 0 Å². The Hall–Kier alpha value is -2.83. The van der Waals surface area contributed by atoms with E-state index < -0.39 is 0 Å². The highest BCUT2D eigenvalue weighted by Crippen LogP contribution is 2.25. The number of aromatic amines is 1. The van der Waals surface area contributed by atoms with Crippen molar-refractivity contribution in [3.05, 3.63) is 47.1 Å². The molecule has 1 atom stereocenters. The number of hydrogen-bond acceptors (Lipinski definition) is 4. The van der Waals surface area contributed by atoms with Crippen LogP contribution in [-0.2, 0) is 0 Å². The van der Waals surface area contributed by atoms with E-state index in [0.29, 0.717) is 30.2 Å². The molecule has 3 aromatic heterocycles. The average molecular weight is 339 g/mol. The van der Waals surface area contributed by atoms with E-state index in [1.807, 2.05) is 35.6 Å². The van der Waals surface area contributed by atoms with Crippen LogP contribution >= 0.6 is 0 Å². The van der Waals surface area contributed by atoms with Crippen LogP contribution < -0.4 is 0 Å². The second-order valence-corrected chi connectivity index (χ2v) is 6.64. The van der Waals surface area contributed by atoms with Gasteiger partial charge in [-0.2, -0.15) is 10.2 Å². The van der Waals surface area contributed by atoms with Crippen molar-refractivity contribution in [3.63, 3.8) is 0 Å². The van der Waals surface area contributed by atoms with Crippen LogP contribution in [0.5, 0.6) is 0 Å². The molecule has 0 aromatic carbocycles. The number of likely N-dealkylation sites (tertiary alicyclic amines) is 1. The lowest BCUT2D eigenvalue weighted by molar-refractivity contribution is 0.0781. The Bertz CT molecular complexity index is 920. The number of carbonyl (C=O) groups is 1. The molecule has 0 radical (unpaired) electrons. The predicted molar refractivity (Wildman–Crippen MR) is 92.3 cm³/mol. The predicted octanol–water partition coefficient (Wildman–Crippen LogP) is 2.88. The fraction of sp³-hybridized carbons (Fsp3) is 0.389. The van der Waals surface area contributed by atoms with Gasteiger partial charge in [0.15, 0.2) is 11.5 Å². The van der Waals surface area contributed by atoms with Gasteiger partial charge >= 0.3 is 0 Å². The molecule has 4 heterocycles. The number of rotatable bonds is 3. The molecule has 1 aliphatic heterocycles. The van der Waals surface area contributed by atoms with Crippen molar-refractivity contribution in [3.8, 4) is 11.5 Å². The van der Waals surface area contributed by atoms with E-state index >= 15 is 0 Å². The van der Waals surface area contributed by atoms with Gasteiger partial charge in [0.1, 0.15) is 11.5 Å². The third kappa shape index (κ3) is 2.86. The normalized spacial score (nSPS) is 17.4. The summed E-state index contributed by atoms with van der Waals surface area (Å²) in [4.78, 5) is 14.6. The van der Waals surface area contributed by atoms with Gasteiger partial charge in [-0.3, -0.25) is 14.6 Å². The van der Waals surface area contributed by atoms with E-state index in [1.165, 1.54) is 0 Å². The van der Waals surface area contributed by atoms with E-state index in [2.05, 4.69) is 28.3 Å². The average Bonchev–Trinajstić information content (AvgIpc) is 3.32. The number of aryl methyl sites for hydroxylation is 3. The van der Waals surface area contributed by atoms with E-state index in [4.69, 9.17) is 4.42 Å². The summed E-state index contributed by atoms with van der Waals surface area (Å²) in [5.74, 6) is 1.45. The third-order valence-corrected chi connectivity index (χ3v) is 4.64. The molecule has 130 valence electrons. The van der Waals surface area contributed by atoms with E-state index in [1.54, 1.807) is 6.07 Å². The Kier molecular flexibility index (Phi) is 3.71. The molecule has 0 saturated carbocycles. The van der Waals surface area contributed by atoms with Gasteiger partial charge in [0.25, 0.3) is 5.91 Å². The molecule has 1 amide bonds. The molecule has 1 N–H and O–H groups in total. The number of H-pyrrole nitrogens is 1. The lowest BCUT2D eigenvalue weighted by Crippen LogP contribution is -2.29. The second kappa shape index (κ2) is 5.91. The van der Waals surface area contributed by atoms with Crippen LogP contribution in [0.1, 0.15) is 40.1 Å². The Morgan fingerprint density at radius 1 is 1.28 bits per heavy atom. The molecule has 1 fully saturated rings. The first-order valence-corrected chi connectivity index (χ1v) is 8.45. The molecule has 0 spiro atoms. The zero-order chi connectivity index (χ0) is 17.6. The highest BCUT2D eigenvalue weighted by atomic mass is 16.3. The number of nitrogens with zero attached hydrogens (tertiary/aromatic N) is 4. The van der Waals surface area contributed by atoms with Crippen molar-refractivity contribution in [2.75, 3.05) is 13.1 Å². The van der Waals surface area contributed by atoms with E-state index in [0.717, 1.165) is 23.6 Å². The summed E-state index contributed by atoms with van der Waals surface area (Å²) in [7, 11) is 0. The Morgan fingerprint density at radius 3 is 2.80 bits per heavy atom. The largest absolute Gasteiger partial charge is 0.460 e. The van der Waals surface area contributed by atoms with Crippen molar-refractivity contribution in [2.45, 2.75) is 33.2 Å². The summed E-state index contributed by atoms with van der Waals surface area (Å²) in [6.45, 7) is 7.29. The quantitative estimate of drug-likeness (QED) is 0.796. The highest BCUT2D eigenvalue weighted by Gasteiger charge is 2.30. The molecule has 0 unspecified atom stereocenters. The minimum absolute atomic E-state index is 0.0604. The lowest BCUT2D eigenvalue weighted by Gasteiger charge is -2.16. The summed E-state index contributed by atoms with van der Waals surface area (Å²) >= 11 is 0. The molecule has 4 rings (SSSR count). The molecule has 1 aliphatic rings. The first-order valence-electron chi connectivity index (χ1n) is 8.45. The minimum Gasteiger partial charge on any atom is -0.460 e. The summed E-state index contributed by atoms with van der Waals surface area (Å²) in [5.41, 5.74) is 3.27. The van der Waals surface area contributed by atoms with Crippen molar-refractivity contribution in [1.29, 1.82) is 0 Å². The zero-order valence-electron chi connectivity index (χ0n) is 14.6. The first-order chi connectivity index (χ1) is 12.0. The molecular formula is C18H21N5O2. The Labute approximate surface area is 145 Å². The zero-order valence-corrected chi connectivity index (χ0v) is 14.6. The molecule has 0 bridgehead atoms. The van der Waals surface area contributed by atoms with E-state index in [9.17, 15) is 4.79 Å². The van der Waals surface area contributed by atoms with Gasteiger partial charge in [-0.15, -0.1) is 0 Å². The number of furan rings is 1. The van der Waals surface area contributed by atoms with Gasteiger partial charge in [0.05, 0.1) is 11.7 Å². The summed E-state index contributed by atoms with van der Waals surface area (Å²) in [6.07, 6.45) is 0.905. The molecular weight excluding hydrogens is 318 g/mol. The Balaban J connectivity index is 1.49. The minimum atomic E-state index is -0.0604. The van der Waals surface area contributed by atoms with Gasteiger partial charge in [0, 0.05) is 24.8 Å². The molecule has 7 nitrogen and oxygen atoms in total. The molecule has 0 aliphatic carbocycles. The standard InChI is InChI=1S/C18H21N5O2/c1-11-8-12(2)23(21-11)14-6-7-22(10-14)18(24)16-9-15(19-20-16)17-5-4-13(3)25-17/h4-5,8-9,14H,6-7,10H2,1-3H3,(H,19,20)/t14-/m0/s1. The smallest absolute Gasteiger partial charge is 0.274 e. The number of hydrogen-bond donors (Lipinski definition) is 1. The fourth-order valence-corrected chi connectivity index (χ4v) is 3.44. The van der Waals surface area contributed by atoms with Crippen molar-refractivity contribution < 1.29 is 9.21 Å². The monoisotopic (exact) mass is 339 g/mol. The fourth-order valence-electron chi connectivity index (χ4n) is 3.44. The van der Waals surface area contributed by atoms with Crippen molar-refractivity contribution >= 4 is 5.91 Å². The van der Waals surface area contributed by atoms with Gasteiger partial charge in [-0.05, 0) is 45.4 Å². The molecule has 7 heteroatoms. The Morgan fingerprint density at radius 2 is 2.12 bits per heavy atom.